The Labute approximate surface area is 758 Å². The monoisotopic (exact) mass is 2160 g/mol. The number of ether oxygens (including phenoxy) is 6. The summed E-state index contributed by atoms with van der Waals surface area (Å²) in [6.45, 7) is -0.877. The van der Waals surface area contributed by atoms with E-state index < -0.39 is 328 Å². The molecule has 6 aromatic rings. The molecule has 0 radical (unpaired) electrons. The maximum Gasteiger partial charge on any atom is 0.481 e. The van der Waals surface area contributed by atoms with Crippen LogP contribution in [-0.4, -0.2) is 229 Å². The Morgan fingerprint density at radius 1 is 0.270 bits per heavy atom. The van der Waals surface area contributed by atoms with E-state index >= 15 is 0 Å². The van der Waals surface area contributed by atoms with Crippen LogP contribution in [0.15, 0.2) is 94.7 Å². The molecule has 0 spiro atoms. The van der Waals surface area contributed by atoms with E-state index in [0.29, 0.717) is 18.3 Å². The Morgan fingerprint density at radius 3 is 0.620 bits per heavy atom. The van der Waals surface area contributed by atoms with Crippen LogP contribution in [0, 0.1) is 41.5 Å². The number of nitrogens with zero attached hydrogens (tertiary/aromatic N) is 6. The Balaban J connectivity index is 0.699. The molecule has 0 aromatic carbocycles. The van der Waals surface area contributed by atoms with Crippen LogP contribution < -0.4 is 67.5 Å². The van der Waals surface area contributed by atoms with Crippen LogP contribution in [0.1, 0.15) is 109 Å². The molecule has 12 heterocycles. The van der Waals surface area contributed by atoms with Crippen LogP contribution in [0.2, 0.25) is 0 Å². The third-order valence-corrected chi connectivity index (χ3v) is 33.7. The van der Waals surface area contributed by atoms with Crippen molar-refractivity contribution in [3.05, 3.63) is 196 Å². The van der Waals surface area contributed by atoms with E-state index in [1.807, 2.05) is 29.9 Å². The number of aliphatic hydroxyl groups is 2. The Morgan fingerprint density at radius 2 is 0.431 bits per heavy atom. The van der Waals surface area contributed by atoms with Crippen molar-refractivity contribution in [1.29, 1.82) is 0 Å². The van der Waals surface area contributed by atoms with Gasteiger partial charge in [0.1, 0.15) is 105 Å². The second-order valence-corrected chi connectivity index (χ2v) is 45.6. The number of nitrogens with one attached hydrogen (secondary N) is 6. The average Bonchev–Trinajstić information content (AvgIpc) is 1.67. The second-order valence-electron chi connectivity index (χ2n) is 30.6. The van der Waals surface area contributed by atoms with E-state index in [0.717, 1.165) is 60.2 Å². The van der Waals surface area contributed by atoms with Crippen molar-refractivity contribution in [2.45, 2.75) is 191 Å². The van der Waals surface area contributed by atoms with Crippen LogP contribution in [0.5, 0.6) is 0 Å². The molecule has 6 aromatic heterocycles. The highest BCUT2D eigenvalue weighted by molar-refractivity contribution is 7.63. The van der Waals surface area contributed by atoms with Gasteiger partial charge in [-0.25, -0.2) is 74.4 Å². The molecule has 0 aliphatic carbocycles. The fourth-order valence-electron chi connectivity index (χ4n) is 14.1. The van der Waals surface area contributed by atoms with E-state index in [-0.39, 0.29) is 39.8 Å². The lowest BCUT2D eigenvalue weighted by molar-refractivity contribution is -0.0499. The van der Waals surface area contributed by atoms with Crippen molar-refractivity contribution < 1.29 is 200 Å². The zero-order chi connectivity index (χ0) is 101. The fraction of sp³-hybridized carbons (Fsp3) is 0.600. The van der Waals surface area contributed by atoms with Gasteiger partial charge in [-0.15, -0.1) is 0 Å². The molecule has 6 aliphatic heterocycles. The van der Waals surface area contributed by atoms with Crippen molar-refractivity contribution >= 4 is 78.2 Å². The first kappa shape index (κ1) is 109. The first-order chi connectivity index (χ1) is 63.3. The van der Waals surface area contributed by atoms with Gasteiger partial charge in [-0.3, -0.25) is 131 Å². The zero-order valence-corrected chi connectivity index (χ0v) is 79.4. The predicted octanol–water partition coefficient (Wildman–Crippen LogP) is -2.69. The van der Waals surface area contributed by atoms with Crippen molar-refractivity contribution in [2.75, 3.05) is 39.6 Å². The van der Waals surface area contributed by atoms with Gasteiger partial charge in [0.05, 0.1) is 45.7 Å². The van der Waals surface area contributed by atoms with Crippen molar-refractivity contribution in [2.24, 2.45) is 0 Å². The predicted molar refractivity (Wildman–Crippen MR) is 438 cm³/mol. The number of rotatable bonds is 42. The maximum atomic E-state index is 14.0. The number of H-pyrrole nitrogens is 6. The summed E-state index contributed by atoms with van der Waals surface area (Å²) in [4.78, 5) is 272. The van der Waals surface area contributed by atoms with E-state index in [9.17, 15) is 162 Å². The van der Waals surface area contributed by atoms with Crippen molar-refractivity contribution in [3.63, 3.8) is 0 Å². The summed E-state index contributed by atoms with van der Waals surface area (Å²) >= 11 is 0. The minimum atomic E-state index is -6.36. The first-order valence-electron chi connectivity index (χ1n) is 39.0. The number of phosphoric ester groups is 10. The molecule has 0 saturated carbocycles. The summed E-state index contributed by atoms with van der Waals surface area (Å²) < 4.78 is 247. The second kappa shape index (κ2) is 42.2. The van der Waals surface area contributed by atoms with Gasteiger partial charge < -0.3 is 87.6 Å². The summed E-state index contributed by atoms with van der Waals surface area (Å²) in [7, 11) is -61.6. The minimum absolute atomic E-state index is 0.00333. The van der Waals surface area contributed by atoms with Gasteiger partial charge in [-0.2, -0.15) is 21.6 Å². The number of hydrogen-bond acceptors (Lipinski definition) is 45. The molecule has 6 saturated heterocycles. The van der Waals surface area contributed by atoms with E-state index in [1.54, 1.807) is 0 Å². The van der Waals surface area contributed by atoms with Crippen molar-refractivity contribution in [1.82, 2.24) is 57.3 Å². The molecule has 28 unspecified atom stereocenters. The number of aromatic amines is 6. The van der Waals surface area contributed by atoms with E-state index in [1.165, 1.54) is 27.7 Å². The van der Waals surface area contributed by atoms with Gasteiger partial charge >= 0.3 is 112 Å². The summed E-state index contributed by atoms with van der Waals surface area (Å²) in [5.74, 6) is 0. The number of aromatic nitrogens is 12. The van der Waals surface area contributed by atoms with Gasteiger partial charge in [0, 0.05) is 109 Å². The highest BCUT2D eigenvalue weighted by Gasteiger charge is 2.54. The smallest absolute Gasteiger partial charge is 0.394 e. The molecule has 6 fully saturated rings. The summed E-state index contributed by atoms with van der Waals surface area (Å²) in [5.41, 5.74) is -13.2. The van der Waals surface area contributed by atoms with Gasteiger partial charge in [-0.05, 0) is 41.5 Å². The fourth-order valence-corrected chi connectivity index (χ4v) is 25.5. The molecule has 0 amide bonds. The molecule has 67 nitrogen and oxygen atoms in total. The molecule has 12 rings (SSSR count). The molecule has 18 N–H and O–H groups in total. The summed E-state index contributed by atoms with van der Waals surface area (Å²) in [5, 5.41) is 20.6. The Hall–Kier alpha value is -6.94. The zero-order valence-electron chi connectivity index (χ0n) is 70.4. The van der Waals surface area contributed by atoms with Crippen LogP contribution in [-0.2, 0) is 141 Å². The highest BCUT2D eigenvalue weighted by Crippen LogP contribution is 2.68. The van der Waals surface area contributed by atoms with Gasteiger partial charge in [0.25, 0.3) is 33.4 Å². The third-order valence-electron chi connectivity index (χ3n) is 20.4. The summed E-state index contributed by atoms with van der Waals surface area (Å²) in [6.07, 6.45) is -32.8. The van der Waals surface area contributed by atoms with Gasteiger partial charge in [0.2, 0.25) is 0 Å². The molecule has 137 heavy (non-hydrogen) atoms. The molecular formula is C60H84N12O55P10. The number of hydrogen-bond donors (Lipinski definition) is 18. The molecule has 0 bridgehead atoms. The highest BCUT2D eigenvalue weighted by atomic mass is 31.3. The van der Waals surface area contributed by atoms with Crippen LogP contribution in [0.25, 0.3) is 0 Å². The Kier molecular flexibility index (Phi) is 33.5. The van der Waals surface area contributed by atoms with Crippen LogP contribution in [0.4, 0.5) is 0 Å². The van der Waals surface area contributed by atoms with Gasteiger partial charge in [-0.1, -0.05) is 0 Å². The molecule has 77 heteroatoms. The lowest BCUT2D eigenvalue weighted by Gasteiger charge is -2.25. The lowest BCUT2D eigenvalue weighted by Crippen LogP contribution is -2.33. The number of phosphoric acid groups is 10. The molecule has 6 aliphatic rings. The molecule has 764 valence electrons. The van der Waals surface area contributed by atoms with Crippen molar-refractivity contribution in [3.8, 4) is 0 Å². The summed E-state index contributed by atoms with van der Waals surface area (Å²) in [6, 6.07) is 0. The maximum absolute atomic E-state index is 14.0. The number of aliphatic hydroxyl groups excluding tert-OH is 2. The van der Waals surface area contributed by atoms with E-state index in [2.05, 4.69) is 21.6 Å². The van der Waals surface area contributed by atoms with Gasteiger partial charge in [0.15, 0.2) is 0 Å². The first-order valence-corrected chi connectivity index (χ1v) is 53.9. The molecular weight excluding hydrogens is 2080 g/mol. The topological polar surface area (TPSA) is 936 Å². The van der Waals surface area contributed by atoms with E-state index in [4.69, 9.17) is 73.7 Å². The van der Waals surface area contributed by atoms with Crippen LogP contribution >= 0.6 is 78.2 Å². The third kappa shape index (κ3) is 28.2. The van der Waals surface area contributed by atoms with Crippen LogP contribution in [0.3, 0.4) is 0 Å². The largest absolute Gasteiger partial charge is 0.481 e. The minimum Gasteiger partial charge on any atom is -0.394 e. The standard InChI is InChI=1S/C60H84N12O55P10/c1-25-13-67(55(81)61-49(25)75)43-7-31(74)38(113-43)20-107-128(87,88)123-134(99,100)119-33-9-45(69-15-27(3)51(77)63-57(69)83)115-40(33)22-109-130(91,92)125-136(103,104)121-35-11-47(71-17-29(5)53(79)65-59(71)85)117-42(35)24-111-132(95,96)127-137(105,106)122-36-12-48(72-18-30(6)54(80)66-60(72)86)116-41(36)23-110-131(93,94)126-135(101,102)120-34-10-46(70-16-28(4)52(78)64-58(70)84)114-39(34)21-108-129(89,90)124-133(97,98)118-32-8-44(112-37(32)19-73)68-14-26(2)50(76)62-56(68)82/h13-18,31-48,73-74H,7-12,19-24H2,1-6H3,(H,87,88)(H,89,90)(H,91,92)(H,93,94)(H,95,96)(H,97,98)(H,99,100)(H,101,102)(H,103,104)(H,105,106)(H,61,75,81)(H,62,76,82)(H,63,77,83)(H,64,78,84)(H,65,79,85)(H,66,80,86). The lowest BCUT2D eigenvalue weighted by atomic mass is 10.2. The molecule has 28 atom stereocenters. The Bertz CT molecular complexity index is 6900. The normalized spacial score (nSPS) is 29.7. The SMILES string of the molecule is Cc1cn(C2CC(O)C(COP(=O)(O)OP(=O)(O)OC3CC(n4cc(C)c(=O)[nH]c4=O)OC3COP(=O)(O)OP(=O)(O)OC3CC(n4cc(C)c(=O)[nH]c4=O)OC3COP(=O)(O)OP(=O)(O)OC3CC(n4cc(C)c(=O)[nH]c4=O)OC3COP(=O)(O)OP(=O)(O)OC3CC(n4cc(C)c(=O)[nH]c4=O)OC3COP(=O)(O)OP(=O)(O)OC3CC(n4cc(C)c(=O)[nH]c4=O)OC3CO)O2)c(=O)[nH]c1=O. The quantitative estimate of drug-likeness (QED) is 0.0174. The average molecular weight is 2160 g/mol. The number of aryl methyl sites for hydroxylation is 6.